The lowest BCUT2D eigenvalue weighted by atomic mass is 10.2. The summed E-state index contributed by atoms with van der Waals surface area (Å²) in [4.78, 5) is 1.85. The van der Waals surface area contributed by atoms with Crippen LogP contribution in [0, 0.1) is 0 Å². The molecule has 2 N–H and O–H groups in total. The van der Waals surface area contributed by atoms with Gasteiger partial charge in [0, 0.05) is 48.8 Å². The number of rotatable bonds is 4. The standard InChI is InChI=1S/C15H19F2N3/c16-15(17)5-9-19(11-15)6-1-7-20-8-4-12-10-13(18)2-3-14(12)20/h2-4,8,10H,1,5-7,9,11,18H2. The van der Waals surface area contributed by atoms with Gasteiger partial charge in [0.05, 0.1) is 6.54 Å². The van der Waals surface area contributed by atoms with E-state index in [1.54, 1.807) is 0 Å². The molecule has 2 heterocycles. The fourth-order valence-electron chi connectivity index (χ4n) is 2.88. The lowest BCUT2D eigenvalue weighted by molar-refractivity contribution is 0.0121. The summed E-state index contributed by atoms with van der Waals surface area (Å²) in [7, 11) is 0. The van der Waals surface area contributed by atoms with Gasteiger partial charge in [-0.15, -0.1) is 0 Å². The minimum atomic E-state index is -2.49. The number of benzene rings is 1. The van der Waals surface area contributed by atoms with E-state index in [1.165, 1.54) is 0 Å². The molecule has 1 fully saturated rings. The molecule has 5 heteroatoms. The van der Waals surface area contributed by atoms with Gasteiger partial charge < -0.3 is 10.3 Å². The Morgan fingerprint density at radius 3 is 2.80 bits per heavy atom. The van der Waals surface area contributed by atoms with Crippen LogP contribution >= 0.6 is 0 Å². The number of hydrogen-bond donors (Lipinski definition) is 1. The van der Waals surface area contributed by atoms with Crippen molar-refractivity contribution in [1.82, 2.24) is 9.47 Å². The van der Waals surface area contributed by atoms with Crippen LogP contribution in [0.15, 0.2) is 30.5 Å². The lowest BCUT2D eigenvalue weighted by Gasteiger charge is -2.15. The van der Waals surface area contributed by atoms with Crippen molar-refractivity contribution < 1.29 is 8.78 Å². The third kappa shape index (κ3) is 2.77. The molecule has 2 aromatic rings. The first-order chi connectivity index (χ1) is 9.53. The highest BCUT2D eigenvalue weighted by atomic mass is 19.3. The van der Waals surface area contributed by atoms with Crippen LogP contribution in [0.3, 0.4) is 0 Å². The zero-order valence-corrected chi connectivity index (χ0v) is 11.4. The minimum Gasteiger partial charge on any atom is -0.399 e. The average Bonchev–Trinajstić information content (AvgIpc) is 2.93. The van der Waals surface area contributed by atoms with Crippen molar-refractivity contribution in [3.05, 3.63) is 30.5 Å². The Bertz CT molecular complexity index is 606. The molecule has 0 atom stereocenters. The summed E-state index contributed by atoms with van der Waals surface area (Å²) in [6, 6.07) is 7.89. The van der Waals surface area contributed by atoms with E-state index in [0.717, 1.165) is 36.1 Å². The molecular formula is C15H19F2N3. The van der Waals surface area contributed by atoms with Gasteiger partial charge in [0.15, 0.2) is 0 Å². The lowest BCUT2D eigenvalue weighted by Crippen LogP contribution is -2.26. The van der Waals surface area contributed by atoms with Gasteiger partial charge in [0.1, 0.15) is 0 Å². The van der Waals surface area contributed by atoms with Gasteiger partial charge in [0.2, 0.25) is 0 Å². The number of alkyl halides is 2. The van der Waals surface area contributed by atoms with Crippen molar-refractivity contribution in [1.29, 1.82) is 0 Å². The molecule has 1 aromatic heterocycles. The number of nitrogens with two attached hydrogens (primary N) is 1. The van der Waals surface area contributed by atoms with E-state index in [9.17, 15) is 8.78 Å². The van der Waals surface area contributed by atoms with E-state index < -0.39 is 5.92 Å². The zero-order valence-electron chi connectivity index (χ0n) is 11.4. The number of anilines is 1. The highest BCUT2D eigenvalue weighted by Gasteiger charge is 2.37. The number of fused-ring (bicyclic) bond motifs is 1. The van der Waals surface area contributed by atoms with Crippen LogP contribution < -0.4 is 5.73 Å². The van der Waals surface area contributed by atoms with E-state index in [0.29, 0.717) is 6.54 Å². The van der Waals surface area contributed by atoms with Gasteiger partial charge in [-0.1, -0.05) is 0 Å². The Morgan fingerprint density at radius 2 is 2.05 bits per heavy atom. The normalized spacial score (nSPS) is 18.9. The molecule has 0 bridgehead atoms. The predicted molar refractivity (Wildman–Crippen MR) is 77.0 cm³/mol. The highest BCUT2D eigenvalue weighted by molar-refractivity contribution is 5.83. The molecule has 0 saturated carbocycles. The molecule has 20 heavy (non-hydrogen) atoms. The molecular weight excluding hydrogens is 260 g/mol. The van der Waals surface area contributed by atoms with Gasteiger partial charge >= 0.3 is 0 Å². The van der Waals surface area contributed by atoms with Crippen LogP contribution in [-0.2, 0) is 6.54 Å². The van der Waals surface area contributed by atoms with Crippen molar-refractivity contribution in [3.63, 3.8) is 0 Å². The first-order valence-corrected chi connectivity index (χ1v) is 6.98. The SMILES string of the molecule is Nc1ccc2c(ccn2CCCN2CCC(F)(F)C2)c1. The van der Waals surface area contributed by atoms with Crippen molar-refractivity contribution in [2.45, 2.75) is 25.3 Å². The van der Waals surface area contributed by atoms with E-state index in [4.69, 9.17) is 5.73 Å². The van der Waals surface area contributed by atoms with Crippen molar-refractivity contribution in [3.8, 4) is 0 Å². The van der Waals surface area contributed by atoms with Crippen molar-refractivity contribution in [2.24, 2.45) is 0 Å². The summed E-state index contributed by atoms with van der Waals surface area (Å²) >= 11 is 0. The molecule has 108 valence electrons. The minimum absolute atomic E-state index is 0.00126. The Kier molecular flexibility index (Phi) is 3.38. The van der Waals surface area contributed by atoms with Crippen LogP contribution in [-0.4, -0.2) is 35.0 Å². The molecule has 1 aliphatic heterocycles. The number of hydrogen-bond acceptors (Lipinski definition) is 2. The van der Waals surface area contributed by atoms with Gasteiger partial charge in [-0.2, -0.15) is 0 Å². The van der Waals surface area contributed by atoms with Gasteiger partial charge in [-0.05, 0) is 30.7 Å². The highest BCUT2D eigenvalue weighted by Crippen LogP contribution is 2.26. The number of nitrogens with zero attached hydrogens (tertiary/aromatic N) is 2. The summed E-state index contributed by atoms with van der Waals surface area (Å²) in [6.45, 7) is 1.99. The summed E-state index contributed by atoms with van der Waals surface area (Å²) < 4.78 is 28.3. The fourth-order valence-corrected chi connectivity index (χ4v) is 2.88. The fraction of sp³-hybridized carbons (Fsp3) is 0.467. The average molecular weight is 279 g/mol. The van der Waals surface area contributed by atoms with E-state index >= 15 is 0 Å². The molecule has 3 nitrogen and oxygen atoms in total. The second-order valence-corrected chi connectivity index (χ2v) is 5.56. The van der Waals surface area contributed by atoms with Crippen LogP contribution in [0.4, 0.5) is 14.5 Å². The van der Waals surface area contributed by atoms with Crippen LogP contribution in [0.25, 0.3) is 10.9 Å². The zero-order chi connectivity index (χ0) is 14.2. The number of aryl methyl sites for hydroxylation is 1. The van der Waals surface area contributed by atoms with Crippen molar-refractivity contribution in [2.75, 3.05) is 25.4 Å². The molecule has 1 aliphatic rings. The molecule has 0 unspecified atom stereocenters. The Hall–Kier alpha value is -1.62. The second-order valence-electron chi connectivity index (χ2n) is 5.56. The first kappa shape index (κ1) is 13.4. The number of likely N-dealkylation sites (tertiary alicyclic amines) is 1. The number of nitrogen functional groups attached to an aromatic ring is 1. The molecule has 1 aromatic carbocycles. The Balaban J connectivity index is 1.58. The van der Waals surface area contributed by atoms with Gasteiger partial charge in [-0.25, -0.2) is 8.78 Å². The monoisotopic (exact) mass is 279 g/mol. The van der Waals surface area contributed by atoms with Crippen LogP contribution in [0.2, 0.25) is 0 Å². The maximum absolute atomic E-state index is 13.1. The molecule has 3 rings (SSSR count). The van der Waals surface area contributed by atoms with Crippen molar-refractivity contribution >= 4 is 16.6 Å². The molecule has 0 aliphatic carbocycles. The third-order valence-electron chi connectivity index (χ3n) is 3.92. The number of aromatic nitrogens is 1. The van der Waals surface area contributed by atoms with E-state index in [2.05, 4.69) is 4.57 Å². The van der Waals surface area contributed by atoms with Crippen LogP contribution in [0.1, 0.15) is 12.8 Å². The van der Waals surface area contributed by atoms with Gasteiger partial charge in [0.25, 0.3) is 5.92 Å². The molecule has 0 radical (unpaired) electrons. The molecule has 0 amide bonds. The Labute approximate surface area is 117 Å². The summed E-state index contributed by atoms with van der Waals surface area (Å²) in [5, 5.41) is 1.12. The molecule has 0 spiro atoms. The summed E-state index contributed by atoms with van der Waals surface area (Å²) in [5.74, 6) is -2.49. The summed E-state index contributed by atoms with van der Waals surface area (Å²) in [5.41, 5.74) is 7.66. The maximum Gasteiger partial charge on any atom is 0.261 e. The number of halogens is 2. The second kappa shape index (κ2) is 5.05. The quantitative estimate of drug-likeness (QED) is 0.873. The van der Waals surface area contributed by atoms with E-state index in [-0.39, 0.29) is 13.0 Å². The van der Waals surface area contributed by atoms with Gasteiger partial charge in [-0.3, -0.25) is 4.90 Å². The maximum atomic E-state index is 13.1. The third-order valence-corrected chi connectivity index (χ3v) is 3.92. The first-order valence-electron chi connectivity index (χ1n) is 6.98. The smallest absolute Gasteiger partial charge is 0.261 e. The largest absolute Gasteiger partial charge is 0.399 e. The van der Waals surface area contributed by atoms with E-state index in [1.807, 2.05) is 35.4 Å². The molecule has 1 saturated heterocycles. The van der Waals surface area contributed by atoms with Crippen LogP contribution in [0.5, 0.6) is 0 Å². The predicted octanol–water partition coefficient (Wildman–Crippen LogP) is 2.95. The Morgan fingerprint density at radius 1 is 1.20 bits per heavy atom. The topological polar surface area (TPSA) is 34.2 Å². The summed E-state index contributed by atoms with van der Waals surface area (Å²) in [6.07, 6.45) is 2.91.